The number of nitriles is 1. The molecule has 86 valence electrons. The molecule has 2 aromatic rings. The van der Waals surface area contributed by atoms with E-state index in [1.807, 2.05) is 11.5 Å². The first kappa shape index (κ1) is 11.3. The minimum atomic E-state index is -0.319. The molecule has 4 heteroatoms. The number of hydrogen-bond donors (Lipinski definition) is 0. The van der Waals surface area contributed by atoms with Crippen molar-refractivity contribution in [2.75, 3.05) is 0 Å². The van der Waals surface area contributed by atoms with Crippen molar-refractivity contribution in [2.24, 2.45) is 0 Å². The van der Waals surface area contributed by atoms with Gasteiger partial charge >= 0.3 is 0 Å². The molecule has 17 heavy (non-hydrogen) atoms. The lowest BCUT2D eigenvalue weighted by molar-refractivity contribution is 0.629. The molecule has 0 N–H and O–H groups in total. The average molecular weight is 229 g/mol. The van der Waals surface area contributed by atoms with E-state index in [4.69, 9.17) is 5.26 Å². The van der Waals surface area contributed by atoms with Gasteiger partial charge in [0.2, 0.25) is 0 Å². The largest absolute Gasteiger partial charge is 0.323 e. The molecule has 3 nitrogen and oxygen atoms in total. The second-order valence-electron chi connectivity index (χ2n) is 4.04. The van der Waals surface area contributed by atoms with Crippen LogP contribution in [0.3, 0.4) is 0 Å². The maximum absolute atomic E-state index is 13.1. The summed E-state index contributed by atoms with van der Waals surface area (Å²) in [4.78, 5) is 4.28. The predicted molar refractivity (Wildman–Crippen MR) is 63.8 cm³/mol. The summed E-state index contributed by atoms with van der Waals surface area (Å²) in [6, 6.07) is 6.53. The molecule has 0 spiro atoms. The predicted octanol–water partition coefficient (Wildman–Crippen LogP) is 2.82. The third-order valence-electron chi connectivity index (χ3n) is 2.45. The minimum absolute atomic E-state index is 0.212. The first-order chi connectivity index (χ1) is 8.11. The molecule has 1 heterocycles. The smallest absolute Gasteiger partial charge is 0.125 e. The Labute approximate surface area is 98.8 Å². The van der Waals surface area contributed by atoms with Crippen LogP contribution >= 0.6 is 0 Å². The topological polar surface area (TPSA) is 41.6 Å². The van der Waals surface area contributed by atoms with E-state index in [-0.39, 0.29) is 12.2 Å². The van der Waals surface area contributed by atoms with E-state index >= 15 is 0 Å². The highest BCUT2D eigenvalue weighted by molar-refractivity contribution is 5.76. The van der Waals surface area contributed by atoms with Gasteiger partial charge < -0.3 is 4.57 Å². The van der Waals surface area contributed by atoms with E-state index in [1.165, 1.54) is 12.1 Å². The van der Waals surface area contributed by atoms with Crippen LogP contribution < -0.4 is 0 Å². The number of hydrogen-bond acceptors (Lipinski definition) is 2. The Kier molecular flexibility index (Phi) is 2.92. The summed E-state index contributed by atoms with van der Waals surface area (Å²) >= 11 is 0. The fourth-order valence-electron chi connectivity index (χ4n) is 1.80. The molecule has 0 amide bonds. The van der Waals surface area contributed by atoms with Crippen LogP contribution in [-0.2, 0) is 13.0 Å². The summed E-state index contributed by atoms with van der Waals surface area (Å²) in [5, 5.41) is 8.76. The third-order valence-corrected chi connectivity index (χ3v) is 2.45. The number of allylic oxidation sites excluding steroid dienone is 1. The molecule has 1 aromatic heterocycles. The van der Waals surface area contributed by atoms with Crippen LogP contribution in [0.2, 0.25) is 0 Å². The molecule has 0 fully saturated rings. The highest BCUT2D eigenvalue weighted by Gasteiger charge is 2.10. The van der Waals surface area contributed by atoms with E-state index in [2.05, 4.69) is 17.6 Å². The van der Waals surface area contributed by atoms with Crippen molar-refractivity contribution >= 4 is 11.0 Å². The fraction of sp³-hybridized carbons (Fsp3) is 0.231. The summed E-state index contributed by atoms with van der Waals surface area (Å²) in [6.45, 7) is 6.35. The fourth-order valence-corrected chi connectivity index (χ4v) is 1.80. The van der Waals surface area contributed by atoms with Crippen molar-refractivity contribution in [1.82, 2.24) is 9.55 Å². The summed E-state index contributed by atoms with van der Waals surface area (Å²) in [5.41, 5.74) is 2.38. The summed E-state index contributed by atoms with van der Waals surface area (Å²) < 4.78 is 15.0. The average Bonchev–Trinajstić information content (AvgIpc) is 2.56. The Hall–Kier alpha value is -2.15. The Morgan fingerprint density at radius 1 is 1.59 bits per heavy atom. The van der Waals surface area contributed by atoms with Gasteiger partial charge in [-0.15, -0.1) is 0 Å². The molecule has 0 aliphatic carbocycles. The molecule has 0 saturated heterocycles. The van der Waals surface area contributed by atoms with Crippen LogP contribution in [0.5, 0.6) is 0 Å². The van der Waals surface area contributed by atoms with E-state index in [0.29, 0.717) is 17.9 Å². The van der Waals surface area contributed by atoms with Crippen molar-refractivity contribution < 1.29 is 4.39 Å². The van der Waals surface area contributed by atoms with Crippen LogP contribution in [0.4, 0.5) is 4.39 Å². The lowest BCUT2D eigenvalue weighted by Gasteiger charge is -2.06. The van der Waals surface area contributed by atoms with Crippen LogP contribution in [0.1, 0.15) is 12.7 Å². The van der Waals surface area contributed by atoms with Crippen LogP contribution in [-0.4, -0.2) is 9.55 Å². The van der Waals surface area contributed by atoms with E-state index in [1.54, 1.807) is 6.07 Å². The lowest BCUT2D eigenvalue weighted by atomic mass is 10.3. The van der Waals surface area contributed by atoms with E-state index in [0.717, 1.165) is 11.1 Å². The summed E-state index contributed by atoms with van der Waals surface area (Å²) in [5.74, 6) is 0.331. The maximum Gasteiger partial charge on any atom is 0.125 e. The number of imidazole rings is 1. The summed E-state index contributed by atoms with van der Waals surface area (Å²) in [6.07, 6.45) is 0.212. The highest BCUT2D eigenvalue weighted by Crippen LogP contribution is 2.19. The Bertz CT molecular complexity index is 619. The van der Waals surface area contributed by atoms with Gasteiger partial charge in [-0.2, -0.15) is 5.26 Å². The molecule has 0 aliphatic heterocycles. The van der Waals surface area contributed by atoms with Crippen molar-refractivity contribution in [3.8, 4) is 6.07 Å². The number of halogens is 1. The van der Waals surface area contributed by atoms with Gasteiger partial charge in [0, 0.05) is 12.6 Å². The van der Waals surface area contributed by atoms with Crippen molar-refractivity contribution in [2.45, 2.75) is 19.9 Å². The number of nitrogens with zero attached hydrogens (tertiary/aromatic N) is 3. The molecule has 0 saturated carbocycles. The van der Waals surface area contributed by atoms with Crippen LogP contribution in [0.15, 0.2) is 30.4 Å². The molecule has 0 unspecified atom stereocenters. The normalized spacial score (nSPS) is 10.4. The monoisotopic (exact) mass is 229 g/mol. The van der Waals surface area contributed by atoms with Gasteiger partial charge in [-0.05, 0) is 19.1 Å². The van der Waals surface area contributed by atoms with Crippen LogP contribution in [0, 0.1) is 17.1 Å². The van der Waals surface area contributed by atoms with Gasteiger partial charge in [0.05, 0.1) is 23.5 Å². The zero-order chi connectivity index (χ0) is 12.4. The highest BCUT2D eigenvalue weighted by atomic mass is 19.1. The molecule has 2 rings (SSSR count). The van der Waals surface area contributed by atoms with Crippen molar-refractivity contribution in [3.63, 3.8) is 0 Å². The first-order valence-corrected chi connectivity index (χ1v) is 5.28. The van der Waals surface area contributed by atoms with Crippen molar-refractivity contribution in [3.05, 3.63) is 42.0 Å². The Morgan fingerprint density at radius 3 is 3.00 bits per heavy atom. The van der Waals surface area contributed by atoms with Gasteiger partial charge in [-0.1, -0.05) is 12.2 Å². The quantitative estimate of drug-likeness (QED) is 0.759. The van der Waals surface area contributed by atoms with Gasteiger partial charge in [-0.25, -0.2) is 9.37 Å². The zero-order valence-corrected chi connectivity index (χ0v) is 9.57. The van der Waals surface area contributed by atoms with Crippen LogP contribution in [0.25, 0.3) is 11.0 Å². The SMILES string of the molecule is C=C(C)Cn1c(CC#N)nc2cc(F)ccc21. The summed E-state index contributed by atoms with van der Waals surface area (Å²) in [7, 11) is 0. The zero-order valence-electron chi connectivity index (χ0n) is 9.57. The van der Waals surface area contributed by atoms with Gasteiger partial charge in [0.15, 0.2) is 0 Å². The standard InChI is InChI=1S/C13H12FN3/c1-9(2)8-17-12-4-3-10(14)7-11(12)16-13(17)5-6-15/h3-4,7H,1,5,8H2,2H3. The third kappa shape index (κ3) is 2.18. The molecule has 0 aliphatic rings. The minimum Gasteiger partial charge on any atom is -0.323 e. The number of fused-ring (bicyclic) bond motifs is 1. The molecule has 0 bridgehead atoms. The Morgan fingerprint density at radius 2 is 2.35 bits per heavy atom. The van der Waals surface area contributed by atoms with Gasteiger partial charge in [0.25, 0.3) is 0 Å². The molecule has 0 atom stereocenters. The first-order valence-electron chi connectivity index (χ1n) is 5.28. The molecule has 1 aromatic carbocycles. The van der Waals surface area contributed by atoms with Crippen molar-refractivity contribution in [1.29, 1.82) is 5.26 Å². The number of benzene rings is 1. The second kappa shape index (κ2) is 4.38. The lowest BCUT2D eigenvalue weighted by Crippen LogP contribution is -2.03. The molecular formula is C13H12FN3. The Balaban J connectivity index is 2.63. The molecule has 0 radical (unpaired) electrons. The second-order valence-corrected chi connectivity index (χ2v) is 4.04. The maximum atomic E-state index is 13.1. The van der Waals surface area contributed by atoms with Gasteiger partial charge in [-0.3, -0.25) is 0 Å². The van der Waals surface area contributed by atoms with E-state index in [9.17, 15) is 4.39 Å². The van der Waals surface area contributed by atoms with Gasteiger partial charge in [0.1, 0.15) is 11.6 Å². The molecular weight excluding hydrogens is 217 g/mol. The van der Waals surface area contributed by atoms with E-state index < -0.39 is 0 Å². The number of rotatable bonds is 3. The number of aromatic nitrogens is 2.